The van der Waals surface area contributed by atoms with Gasteiger partial charge in [0.2, 0.25) is 5.91 Å². The smallest absolute Gasteiger partial charge is 0.224 e. The van der Waals surface area contributed by atoms with Gasteiger partial charge < -0.3 is 10.6 Å². The molecule has 1 fully saturated rings. The van der Waals surface area contributed by atoms with E-state index in [0.29, 0.717) is 12.1 Å². The molecule has 2 rings (SSSR count). The molecule has 5 heteroatoms. The molecule has 0 radical (unpaired) electrons. The van der Waals surface area contributed by atoms with E-state index in [1.54, 1.807) is 0 Å². The maximum Gasteiger partial charge on any atom is 0.224 e. The van der Waals surface area contributed by atoms with Gasteiger partial charge >= 0.3 is 0 Å². The second kappa shape index (κ2) is 5.23. The van der Waals surface area contributed by atoms with Crippen molar-refractivity contribution in [1.82, 2.24) is 10.6 Å². The van der Waals surface area contributed by atoms with Crippen LogP contribution in [0.25, 0.3) is 0 Å². The summed E-state index contributed by atoms with van der Waals surface area (Å²) in [5.41, 5.74) is 0.432. The first-order valence-electron chi connectivity index (χ1n) is 5.58. The number of amides is 1. The molecule has 1 atom stereocenters. The quantitative estimate of drug-likeness (QED) is 0.833. The van der Waals surface area contributed by atoms with Crippen LogP contribution >= 0.6 is 0 Å². The third-order valence-corrected chi connectivity index (χ3v) is 2.82. The Hall–Kier alpha value is -1.49. The van der Waals surface area contributed by atoms with Gasteiger partial charge in [0.25, 0.3) is 0 Å². The number of hydrogen-bond donors (Lipinski definition) is 2. The molecule has 1 aromatic rings. The van der Waals surface area contributed by atoms with Crippen molar-refractivity contribution in [3.63, 3.8) is 0 Å². The number of benzene rings is 1. The van der Waals surface area contributed by atoms with Gasteiger partial charge in [-0.1, -0.05) is 0 Å². The van der Waals surface area contributed by atoms with Gasteiger partial charge in [0.15, 0.2) is 0 Å². The highest BCUT2D eigenvalue weighted by Crippen LogP contribution is 2.10. The Balaban J connectivity index is 1.90. The van der Waals surface area contributed by atoms with Gasteiger partial charge in [-0.3, -0.25) is 4.79 Å². The fourth-order valence-corrected chi connectivity index (χ4v) is 1.92. The van der Waals surface area contributed by atoms with Gasteiger partial charge in [-0.25, -0.2) is 8.78 Å². The summed E-state index contributed by atoms with van der Waals surface area (Å²) in [4.78, 5) is 11.6. The van der Waals surface area contributed by atoms with Crippen LogP contribution in [0.2, 0.25) is 0 Å². The van der Waals surface area contributed by atoms with Crippen LogP contribution in [0.1, 0.15) is 12.0 Å². The summed E-state index contributed by atoms with van der Waals surface area (Å²) in [5.74, 6) is -1.36. The summed E-state index contributed by atoms with van der Waals surface area (Å²) < 4.78 is 25.8. The van der Waals surface area contributed by atoms with E-state index in [0.717, 1.165) is 19.0 Å². The standard InChI is InChI=1S/C12H14F2N2O/c13-10-3-8(4-11(14)5-10)6-16-12(17)9-1-2-15-7-9/h3-5,9,15H,1-2,6-7H2,(H,16,17). The normalized spacial score (nSPS) is 19.3. The highest BCUT2D eigenvalue weighted by Gasteiger charge is 2.21. The van der Waals surface area contributed by atoms with Crippen molar-refractivity contribution in [2.24, 2.45) is 5.92 Å². The van der Waals surface area contributed by atoms with E-state index in [2.05, 4.69) is 10.6 Å². The van der Waals surface area contributed by atoms with Gasteiger partial charge in [-0.15, -0.1) is 0 Å². The molecule has 1 heterocycles. The van der Waals surface area contributed by atoms with Crippen LogP contribution in [0.5, 0.6) is 0 Å². The van der Waals surface area contributed by atoms with Gasteiger partial charge in [-0.2, -0.15) is 0 Å². The number of halogens is 2. The first-order valence-corrected chi connectivity index (χ1v) is 5.58. The minimum absolute atomic E-state index is 0.0339. The third-order valence-electron chi connectivity index (χ3n) is 2.82. The van der Waals surface area contributed by atoms with Crippen molar-refractivity contribution in [3.8, 4) is 0 Å². The fraction of sp³-hybridized carbons (Fsp3) is 0.417. The lowest BCUT2D eigenvalue weighted by atomic mass is 10.1. The number of rotatable bonds is 3. The molecule has 0 aliphatic carbocycles. The average Bonchev–Trinajstić information content (AvgIpc) is 2.78. The first kappa shape index (κ1) is 12.0. The van der Waals surface area contributed by atoms with Crippen molar-refractivity contribution < 1.29 is 13.6 Å². The highest BCUT2D eigenvalue weighted by molar-refractivity contribution is 5.79. The minimum atomic E-state index is -0.628. The molecule has 17 heavy (non-hydrogen) atoms. The third kappa shape index (κ3) is 3.23. The number of nitrogens with one attached hydrogen (secondary N) is 2. The fourth-order valence-electron chi connectivity index (χ4n) is 1.92. The maximum absolute atomic E-state index is 12.9. The Bertz CT molecular complexity index is 397. The lowest BCUT2D eigenvalue weighted by Gasteiger charge is -2.10. The molecule has 0 saturated carbocycles. The number of carbonyl (C=O) groups is 1. The van der Waals surface area contributed by atoms with Crippen LogP contribution in [0.15, 0.2) is 18.2 Å². The van der Waals surface area contributed by atoms with E-state index < -0.39 is 11.6 Å². The van der Waals surface area contributed by atoms with Crippen LogP contribution < -0.4 is 10.6 Å². The predicted molar refractivity (Wildman–Crippen MR) is 59.2 cm³/mol. The van der Waals surface area contributed by atoms with Crippen molar-refractivity contribution in [1.29, 1.82) is 0 Å². The Morgan fingerprint density at radius 3 is 2.65 bits per heavy atom. The maximum atomic E-state index is 12.9. The SMILES string of the molecule is O=C(NCc1cc(F)cc(F)c1)C1CCNC1. The summed E-state index contributed by atoms with van der Waals surface area (Å²) in [5, 5.41) is 5.77. The molecule has 1 saturated heterocycles. The average molecular weight is 240 g/mol. The van der Waals surface area contributed by atoms with E-state index in [9.17, 15) is 13.6 Å². The van der Waals surface area contributed by atoms with Gasteiger partial charge in [0.05, 0.1) is 5.92 Å². The molecule has 92 valence electrons. The van der Waals surface area contributed by atoms with Crippen LogP contribution in [0, 0.1) is 17.6 Å². The summed E-state index contributed by atoms with van der Waals surface area (Å²) >= 11 is 0. The lowest BCUT2D eigenvalue weighted by molar-refractivity contribution is -0.124. The molecule has 3 nitrogen and oxygen atoms in total. The van der Waals surface area contributed by atoms with E-state index in [1.165, 1.54) is 12.1 Å². The number of hydrogen-bond acceptors (Lipinski definition) is 2. The van der Waals surface area contributed by atoms with Crippen LogP contribution in [-0.2, 0) is 11.3 Å². The van der Waals surface area contributed by atoms with Crippen molar-refractivity contribution in [2.75, 3.05) is 13.1 Å². The topological polar surface area (TPSA) is 41.1 Å². The van der Waals surface area contributed by atoms with Gasteiger partial charge in [0, 0.05) is 19.2 Å². The zero-order valence-electron chi connectivity index (χ0n) is 9.30. The van der Waals surface area contributed by atoms with E-state index in [4.69, 9.17) is 0 Å². The minimum Gasteiger partial charge on any atom is -0.352 e. The second-order valence-corrected chi connectivity index (χ2v) is 4.19. The summed E-state index contributed by atoms with van der Waals surface area (Å²) in [6.07, 6.45) is 0.809. The zero-order valence-corrected chi connectivity index (χ0v) is 9.30. The molecule has 0 spiro atoms. The van der Waals surface area contributed by atoms with Crippen LogP contribution in [-0.4, -0.2) is 19.0 Å². The molecule has 1 amide bonds. The largest absolute Gasteiger partial charge is 0.352 e. The first-order chi connectivity index (χ1) is 8.15. The van der Waals surface area contributed by atoms with E-state index in [1.807, 2.05) is 0 Å². The van der Waals surface area contributed by atoms with Crippen molar-refractivity contribution in [2.45, 2.75) is 13.0 Å². The zero-order chi connectivity index (χ0) is 12.3. The summed E-state index contributed by atoms with van der Waals surface area (Å²) in [7, 11) is 0. The summed E-state index contributed by atoms with van der Waals surface area (Å²) in [6.45, 7) is 1.67. The van der Waals surface area contributed by atoms with Gasteiger partial charge in [0.1, 0.15) is 11.6 Å². The molecule has 1 aliphatic rings. The highest BCUT2D eigenvalue weighted by atomic mass is 19.1. The monoisotopic (exact) mass is 240 g/mol. The van der Waals surface area contributed by atoms with Crippen LogP contribution in [0.3, 0.4) is 0 Å². The van der Waals surface area contributed by atoms with Crippen LogP contribution in [0.4, 0.5) is 8.78 Å². The van der Waals surface area contributed by atoms with Crippen molar-refractivity contribution >= 4 is 5.91 Å². The van der Waals surface area contributed by atoms with E-state index >= 15 is 0 Å². The lowest BCUT2D eigenvalue weighted by Crippen LogP contribution is -2.31. The van der Waals surface area contributed by atoms with Crippen molar-refractivity contribution in [3.05, 3.63) is 35.4 Å². The Morgan fingerprint density at radius 1 is 1.35 bits per heavy atom. The van der Waals surface area contributed by atoms with E-state index in [-0.39, 0.29) is 18.4 Å². The molecule has 1 unspecified atom stereocenters. The molecular weight excluding hydrogens is 226 g/mol. The molecular formula is C12H14F2N2O. The molecule has 1 aliphatic heterocycles. The Kier molecular flexibility index (Phi) is 3.68. The molecule has 0 aromatic heterocycles. The Labute approximate surface area is 98.2 Å². The Morgan fingerprint density at radius 2 is 2.06 bits per heavy atom. The molecule has 1 aromatic carbocycles. The summed E-state index contributed by atoms with van der Waals surface area (Å²) in [6, 6.07) is 3.25. The predicted octanol–water partition coefficient (Wildman–Crippen LogP) is 1.19. The molecule has 2 N–H and O–H groups in total. The van der Waals surface area contributed by atoms with Gasteiger partial charge in [-0.05, 0) is 30.7 Å². The molecule has 0 bridgehead atoms. The second-order valence-electron chi connectivity index (χ2n) is 4.19. The number of carbonyl (C=O) groups excluding carboxylic acids is 1.